The van der Waals surface area contributed by atoms with Crippen LogP contribution in [0.25, 0.3) is 0 Å². The van der Waals surface area contributed by atoms with Crippen LogP contribution in [-0.2, 0) is 13.0 Å². The average molecular weight is 284 g/mol. The number of nitrogens with zero attached hydrogens (tertiary/aromatic N) is 1. The van der Waals surface area contributed by atoms with E-state index in [2.05, 4.69) is 45.9 Å². The minimum absolute atomic E-state index is 0.688. The van der Waals surface area contributed by atoms with Gasteiger partial charge in [-0.3, -0.25) is 4.90 Å². The van der Waals surface area contributed by atoms with Gasteiger partial charge in [0.25, 0.3) is 0 Å². The van der Waals surface area contributed by atoms with Gasteiger partial charge in [-0.2, -0.15) is 0 Å². The number of nitrogens with one attached hydrogen (secondary N) is 1. The molecule has 1 N–H and O–H groups in total. The Labute approximate surface area is 124 Å². The van der Waals surface area contributed by atoms with E-state index in [1.54, 1.807) is 10.4 Å². The quantitative estimate of drug-likeness (QED) is 0.904. The minimum Gasteiger partial charge on any atom is -0.385 e. The van der Waals surface area contributed by atoms with Crippen LogP contribution in [0.15, 0.2) is 35.7 Å². The summed E-state index contributed by atoms with van der Waals surface area (Å²) in [6, 6.07) is 11.1. The molecule has 2 nitrogen and oxygen atoms in total. The highest BCUT2D eigenvalue weighted by atomic mass is 32.1. The summed E-state index contributed by atoms with van der Waals surface area (Å²) in [5, 5.41) is 5.77. The highest BCUT2D eigenvalue weighted by Gasteiger charge is 2.24. The zero-order valence-corrected chi connectivity index (χ0v) is 12.5. The van der Waals surface area contributed by atoms with E-state index in [0.717, 1.165) is 13.1 Å². The molecule has 1 aromatic carbocycles. The predicted octanol–water partition coefficient (Wildman–Crippen LogP) is 3.71. The third kappa shape index (κ3) is 2.25. The number of benzene rings is 1. The highest BCUT2D eigenvalue weighted by molar-refractivity contribution is 7.10. The van der Waals surface area contributed by atoms with Crippen molar-refractivity contribution in [3.63, 3.8) is 0 Å². The van der Waals surface area contributed by atoms with Crippen LogP contribution in [0.1, 0.15) is 28.3 Å². The molecule has 3 heteroatoms. The molecular weight excluding hydrogens is 264 g/mol. The van der Waals surface area contributed by atoms with E-state index in [9.17, 15) is 0 Å². The lowest BCUT2D eigenvalue weighted by atomic mass is 9.90. The Morgan fingerprint density at radius 3 is 3.20 bits per heavy atom. The molecular formula is C17H20N2S. The molecule has 1 aromatic heterocycles. The Bertz CT molecular complexity index is 605. The second-order valence-electron chi connectivity index (χ2n) is 5.85. The van der Waals surface area contributed by atoms with E-state index in [0.29, 0.717) is 5.92 Å². The van der Waals surface area contributed by atoms with E-state index in [4.69, 9.17) is 0 Å². The summed E-state index contributed by atoms with van der Waals surface area (Å²) < 4.78 is 0. The summed E-state index contributed by atoms with van der Waals surface area (Å²) in [6.07, 6.45) is 2.49. The normalized spacial score (nSPS) is 21.9. The Morgan fingerprint density at radius 1 is 1.25 bits per heavy atom. The zero-order valence-electron chi connectivity index (χ0n) is 11.6. The molecule has 20 heavy (non-hydrogen) atoms. The van der Waals surface area contributed by atoms with Crippen molar-refractivity contribution < 1.29 is 0 Å². The number of fused-ring (bicyclic) bond motifs is 2. The van der Waals surface area contributed by atoms with Crippen molar-refractivity contribution in [2.45, 2.75) is 25.3 Å². The third-order valence-corrected chi connectivity index (χ3v) is 5.60. The molecule has 0 saturated carbocycles. The van der Waals surface area contributed by atoms with Crippen molar-refractivity contribution in [3.05, 3.63) is 51.7 Å². The summed E-state index contributed by atoms with van der Waals surface area (Å²) in [4.78, 5) is 4.24. The van der Waals surface area contributed by atoms with Gasteiger partial charge < -0.3 is 5.32 Å². The molecule has 0 aliphatic carbocycles. The van der Waals surface area contributed by atoms with Gasteiger partial charge in [-0.15, -0.1) is 11.3 Å². The van der Waals surface area contributed by atoms with Gasteiger partial charge in [-0.25, -0.2) is 0 Å². The Morgan fingerprint density at radius 2 is 2.20 bits per heavy atom. The van der Waals surface area contributed by atoms with Crippen LogP contribution in [0.3, 0.4) is 0 Å². The number of thiophene rings is 1. The fourth-order valence-corrected chi connectivity index (χ4v) is 4.40. The summed E-state index contributed by atoms with van der Waals surface area (Å²) in [5.74, 6) is 0.688. The van der Waals surface area contributed by atoms with Gasteiger partial charge in [0.05, 0.1) is 0 Å². The van der Waals surface area contributed by atoms with Crippen molar-refractivity contribution in [3.8, 4) is 0 Å². The van der Waals surface area contributed by atoms with E-state index in [1.807, 2.05) is 11.3 Å². The topological polar surface area (TPSA) is 15.3 Å². The monoisotopic (exact) mass is 284 g/mol. The van der Waals surface area contributed by atoms with Crippen LogP contribution in [0.2, 0.25) is 0 Å². The average Bonchev–Trinajstić information content (AvgIpc) is 2.95. The molecule has 0 amide bonds. The van der Waals surface area contributed by atoms with Gasteiger partial charge >= 0.3 is 0 Å². The molecule has 104 valence electrons. The van der Waals surface area contributed by atoms with Crippen molar-refractivity contribution in [2.75, 3.05) is 25.0 Å². The molecule has 2 aliphatic rings. The molecule has 0 saturated heterocycles. The van der Waals surface area contributed by atoms with Crippen LogP contribution >= 0.6 is 11.3 Å². The van der Waals surface area contributed by atoms with Crippen LogP contribution < -0.4 is 5.32 Å². The van der Waals surface area contributed by atoms with Gasteiger partial charge in [-0.1, -0.05) is 18.2 Å². The summed E-state index contributed by atoms with van der Waals surface area (Å²) in [5.41, 5.74) is 4.41. The first-order valence-corrected chi connectivity index (χ1v) is 8.38. The predicted molar refractivity (Wildman–Crippen MR) is 85.6 cm³/mol. The Kier molecular flexibility index (Phi) is 3.25. The maximum atomic E-state index is 3.52. The molecule has 2 aliphatic heterocycles. The molecule has 0 spiro atoms. The molecule has 0 bridgehead atoms. The largest absolute Gasteiger partial charge is 0.385 e. The van der Waals surface area contributed by atoms with Crippen LogP contribution in [0.4, 0.5) is 5.69 Å². The smallest absolute Gasteiger partial charge is 0.0376 e. The fraction of sp³-hybridized carbons (Fsp3) is 0.412. The third-order valence-electron chi connectivity index (χ3n) is 4.57. The zero-order chi connectivity index (χ0) is 13.4. The molecule has 0 radical (unpaired) electrons. The molecule has 3 heterocycles. The maximum Gasteiger partial charge on any atom is 0.0376 e. The molecule has 2 aromatic rings. The SMILES string of the molecule is c1ccc2c(c1)NCCC2CN1CCc2sccc2C1. The first-order chi connectivity index (χ1) is 9.90. The van der Waals surface area contributed by atoms with E-state index in [-0.39, 0.29) is 0 Å². The fourth-order valence-electron chi connectivity index (χ4n) is 3.51. The molecule has 1 unspecified atom stereocenters. The van der Waals surface area contributed by atoms with Gasteiger partial charge in [0.2, 0.25) is 0 Å². The Balaban J connectivity index is 1.51. The van der Waals surface area contributed by atoms with Crippen molar-refractivity contribution in [2.24, 2.45) is 0 Å². The second-order valence-corrected chi connectivity index (χ2v) is 6.85. The lowest BCUT2D eigenvalue weighted by molar-refractivity contribution is 0.236. The number of anilines is 1. The second kappa shape index (κ2) is 5.23. The van der Waals surface area contributed by atoms with Crippen LogP contribution in [-0.4, -0.2) is 24.5 Å². The van der Waals surface area contributed by atoms with Gasteiger partial charge in [0.1, 0.15) is 0 Å². The molecule has 0 fully saturated rings. The maximum absolute atomic E-state index is 3.52. The lowest BCUT2D eigenvalue weighted by Gasteiger charge is -2.33. The van der Waals surface area contributed by atoms with Gasteiger partial charge in [0, 0.05) is 42.7 Å². The number of hydrogen-bond donors (Lipinski definition) is 1. The summed E-state index contributed by atoms with van der Waals surface area (Å²) in [6.45, 7) is 4.68. The first kappa shape index (κ1) is 12.4. The van der Waals surface area contributed by atoms with Crippen molar-refractivity contribution in [1.82, 2.24) is 4.90 Å². The standard InChI is InChI=1S/C17H20N2S/c1-2-4-16-15(3-1)13(5-8-18-16)11-19-9-6-17-14(12-19)7-10-20-17/h1-4,7,10,13,18H,5-6,8-9,11-12H2. The van der Waals surface area contributed by atoms with Crippen LogP contribution in [0, 0.1) is 0 Å². The number of rotatable bonds is 2. The molecule has 1 atom stereocenters. The first-order valence-electron chi connectivity index (χ1n) is 7.50. The highest BCUT2D eigenvalue weighted by Crippen LogP contribution is 2.33. The number of para-hydroxylation sites is 1. The Hall–Kier alpha value is -1.32. The summed E-state index contributed by atoms with van der Waals surface area (Å²) >= 11 is 1.93. The number of hydrogen-bond acceptors (Lipinski definition) is 3. The van der Waals surface area contributed by atoms with Crippen molar-refractivity contribution >= 4 is 17.0 Å². The molecule has 4 rings (SSSR count). The van der Waals surface area contributed by atoms with Gasteiger partial charge in [0.15, 0.2) is 0 Å². The lowest BCUT2D eigenvalue weighted by Crippen LogP contribution is -2.35. The minimum atomic E-state index is 0.688. The van der Waals surface area contributed by atoms with E-state index < -0.39 is 0 Å². The van der Waals surface area contributed by atoms with E-state index >= 15 is 0 Å². The van der Waals surface area contributed by atoms with Crippen molar-refractivity contribution in [1.29, 1.82) is 0 Å². The van der Waals surface area contributed by atoms with Gasteiger partial charge in [-0.05, 0) is 41.5 Å². The van der Waals surface area contributed by atoms with E-state index in [1.165, 1.54) is 37.2 Å². The summed E-state index contributed by atoms with van der Waals surface area (Å²) in [7, 11) is 0. The van der Waals surface area contributed by atoms with Crippen LogP contribution in [0.5, 0.6) is 0 Å².